The number of nitrogens with one attached hydrogen (secondary N) is 1. The molecule has 1 N–H and O–H groups in total. The molecule has 1 aromatic heterocycles. The molecule has 0 spiro atoms. The van der Waals surface area contributed by atoms with E-state index in [9.17, 15) is 19.2 Å². The summed E-state index contributed by atoms with van der Waals surface area (Å²) in [6.07, 6.45) is 4.19. The molecule has 0 unspecified atom stereocenters. The molecular formula is C17H23N3O6. The molecule has 0 radical (unpaired) electrons. The number of hydrogen-bond acceptors (Lipinski definition) is 6. The van der Waals surface area contributed by atoms with Crippen LogP contribution < -0.4 is 11.2 Å². The van der Waals surface area contributed by atoms with Gasteiger partial charge in [-0.05, 0) is 32.6 Å². The molecule has 142 valence electrons. The molecule has 1 saturated heterocycles. The Balaban J connectivity index is 1.74. The SMILES string of the molecule is CCOC(=O)c1cn(C2CCC(N3CCOCC3=O)CC2)c(=O)[nH]c1=O. The molecule has 1 amide bonds. The molecule has 0 atom stereocenters. The van der Waals surface area contributed by atoms with Crippen LogP contribution in [0.25, 0.3) is 0 Å². The summed E-state index contributed by atoms with van der Waals surface area (Å²) in [6, 6.07) is 0.0190. The summed E-state index contributed by atoms with van der Waals surface area (Å²) in [5.41, 5.74) is -1.44. The van der Waals surface area contributed by atoms with Crippen LogP contribution in [0.3, 0.4) is 0 Å². The number of amides is 1. The van der Waals surface area contributed by atoms with Gasteiger partial charge in [0.1, 0.15) is 12.2 Å². The second kappa shape index (κ2) is 7.86. The lowest BCUT2D eigenvalue weighted by atomic mass is 9.89. The summed E-state index contributed by atoms with van der Waals surface area (Å²) in [7, 11) is 0. The minimum atomic E-state index is -0.741. The highest BCUT2D eigenvalue weighted by molar-refractivity contribution is 5.88. The van der Waals surface area contributed by atoms with Crippen LogP contribution in [0.2, 0.25) is 0 Å². The Morgan fingerprint density at radius 2 is 1.92 bits per heavy atom. The molecule has 9 heteroatoms. The maximum Gasteiger partial charge on any atom is 0.345 e. The lowest BCUT2D eigenvalue weighted by Gasteiger charge is -2.39. The van der Waals surface area contributed by atoms with Crippen molar-refractivity contribution >= 4 is 11.9 Å². The standard InChI is InChI=1S/C17H23N3O6/c1-2-26-16(23)13-9-20(17(24)18-15(13)22)12-5-3-11(4-6-12)19-7-8-25-10-14(19)21/h9,11-12H,2-8,10H2,1H3,(H,18,22,24). The van der Waals surface area contributed by atoms with E-state index in [-0.39, 0.29) is 36.8 Å². The van der Waals surface area contributed by atoms with Crippen molar-refractivity contribution in [3.05, 3.63) is 32.6 Å². The second-order valence-corrected chi connectivity index (χ2v) is 6.53. The minimum Gasteiger partial charge on any atom is -0.462 e. The molecule has 1 saturated carbocycles. The molecule has 1 aromatic rings. The van der Waals surface area contributed by atoms with E-state index in [1.165, 1.54) is 10.8 Å². The molecule has 0 bridgehead atoms. The summed E-state index contributed by atoms with van der Waals surface area (Å²) in [5, 5.41) is 0. The Labute approximate surface area is 149 Å². The Morgan fingerprint density at radius 1 is 1.23 bits per heavy atom. The lowest BCUT2D eigenvalue weighted by molar-refractivity contribution is -0.146. The average Bonchev–Trinajstić information content (AvgIpc) is 2.63. The van der Waals surface area contributed by atoms with Crippen molar-refractivity contribution in [2.45, 2.75) is 44.7 Å². The van der Waals surface area contributed by atoms with Gasteiger partial charge in [0.05, 0.1) is 13.2 Å². The maximum atomic E-state index is 12.2. The van der Waals surface area contributed by atoms with Crippen LogP contribution in [0.15, 0.2) is 15.8 Å². The van der Waals surface area contributed by atoms with Gasteiger partial charge in [0.15, 0.2) is 0 Å². The zero-order valence-electron chi connectivity index (χ0n) is 14.7. The number of ether oxygens (including phenoxy) is 2. The van der Waals surface area contributed by atoms with Gasteiger partial charge >= 0.3 is 11.7 Å². The molecule has 9 nitrogen and oxygen atoms in total. The molecule has 3 rings (SSSR count). The predicted octanol–water partition coefficient (Wildman–Crippen LogP) is 0.0558. The third kappa shape index (κ3) is 3.72. The zero-order valence-corrected chi connectivity index (χ0v) is 14.7. The van der Waals surface area contributed by atoms with E-state index in [2.05, 4.69) is 4.98 Å². The molecule has 1 aliphatic carbocycles. The third-order valence-electron chi connectivity index (χ3n) is 4.99. The van der Waals surface area contributed by atoms with Gasteiger partial charge in [0.25, 0.3) is 5.56 Å². The fourth-order valence-electron chi connectivity index (χ4n) is 3.68. The highest BCUT2D eigenvalue weighted by Gasteiger charge is 2.31. The quantitative estimate of drug-likeness (QED) is 0.755. The van der Waals surface area contributed by atoms with E-state index >= 15 is 0 Å². The highest BCUT2D eigenvalue weighted by atomic mass is 16.5. The number of nitrogens with zero attached hydrogens (tertiary/aromatic N) is 2. The summed E-state index contributed by atoms with van der Waals surface area (Å²) >= 11 is 0. The predicted molar refractivity (Wildman–Crippen MR) is 91.1 cm³/mol. The first-order valence-electron chi connectivity index (χ1n) is 8.91. The Kier molecular flexibility index (Phi) is 5.55. The van der Waals surface area contributed by atoms with Crippen LogP contribution in [0.4, 0.5) is 0 Å². The summed E-state index contributed by atoms with van der Waals surface area (Å²) in [4.78, 5) is 52.0. The van der Waals surface area contributed by atoms with Crippen molar-refractivity contribution in [3.63, 3.8) is 0 Å². The van der Waals surface area contributed by atoms with Crippen LogP contribution in [-0.4, -0.2) is 58.7 Å². The number of H-pyrrole nitrogens is 1. The summed E-state index contributed by atoms with van der Waals surface area (Å²) in [5.74, 6) is -0.736. The summed E-state index contributed by atoms with van der Waals surface area (Å²) in [6.45, 7) is 3.07. The van der Waals surface area contributed by atoms with Gasteiger partial charge in [-0.3, -0.25) is 19.1 Å². The monoisotopic (exact) mass is 365 g/mol. The third-order valence-corrected chi connectivity index (χ3v) is 4.99. The van der Waals surface area contributed by atoms with E-state index in [0.29, 0.717) is 26.0 Å². The largest absolute Gasteiger partial charge is 0.462 e. The van der Waals surface area contributed by atoms with Crippen molar-refractivity contribution in [1.82, 2.24) is 14.5 Å². The number of rotatable bonds is 4. The Hall–Kier alpha value is -2.42. The zero-order chi connectivity index (χ0) is 18.7. The van der Waals surface area contributed by atoms with Crippen molar-refractivity contribution in [3.8, 4) is 0 Å². The first-order chi connectivity index (χ1) is 12.5. The molecular weight excluding hydrogens is 342 g/mol. The number of hydrogen-bond donors (Lipinski definition) is 1. The smallest absolute Gasteiger partial charge is 0.345 e. The molecule has 0 aromatic carbocycles. The van der Waals surface area contributed by atoms with Crippen LogP contribution in [0.1, 0.15) is 49.0 Å². The van der Waals surface area contributed by atoms with Crippen molar-refractivity contribution in [2.75, 3.05) is 26.4 Å². The van der Waals surface area contributed by atoms with Gasteiger partial charge in [-0.15, -0.1) is 0 Å². The number of carbonyl (C=O) groups is 2. The fraction of sp³-hybridized carbons (Fsp3) is 0.647. The molecule has 2 aliphatic rings. The van der Waals surface area contributed by atoms with E-state index in [1.807, 2.05) is 4.90 Å². The number of aromatic amines is 1. The number of morpholine rings is 1. The number of aromatic nitrogens is 2. The van der Waals surface area contributed by atoms with Crippen molar-refractivity contribution in [1.29, 1.82) is 0 Å². The second-order valence-electron chi connectivity index (χ2n) is 6.53. The van der Waals surface area contributed by atoms with Gasteiger partial charge in [0, 0.05) is 24.8 Å². The molecule has 1 aliphatic heterocycles. The highest BCUT2D eigenvalue weighted by Crippen LogP contribution is 2.30. The van der Waals surface area contributed by atoms with E-state index in [4.69, 9.17) is 9.47 Å². The van der Waals surface area contributed by atoms with E-state index < -0.39 is 17.2 Å². The number of esters is 1. The Morgan fingerprint density at radius 3 is 2.58 bits per heavy atom. The topological polar surface area (TPSA) is 111 Å². The van der Waals surface area contributed by atoms with Gasteiger partial charge in [-0.1, -0.05) is 0 Å². The molecule has 2 heterocycles. The minimum absolute atomic E-state index is 0.00510. The lowest BCUT2D eigenvalue weighted by Crippen LogP contribution is -2.49. The van der Waals surface area contributed by atoms with Gasteiger partial charge in [-0.2, -0.15) is 0 Å². The first-order valence-corrected chi connectivity index (χ1v) is 8.91. The normalized spacial score (nSPS) is 23.7. The van der Waals surface area contributed by atoms with E-state index in [0.717, 1.165) is 12.8 Å². The maximum absolute atomic E-state index is 12.2. The van der Waals surface area contributed by atoms with E-state index in [1.54, 1.807) is 6.92 Å². The van der Waals surface area contributed by atoms with Crippen LogP contribution in [0, 0.1) is 0 Å². The van der Waals surface area contributed by atoms with Gasteiger partial charge in [0.2, 0.25) is 5.91 Å². The van der Waals surface area contributed by atoms with Crippen molar-refractivity contribution < 1.29 is 19.1 Å². The fourth-order valence-corrected chi connectivity index (χ4v) is 3.68. The van der Waals surface area contributed by atoms with Crippen LogP contribution in [-0.2, 0) is 14.3 Å². The molecule has 2 fully saturated rings. The van der Waals surface area contributed by atoms with Crippen LogP contribution in [0.5, 0.6) is 0 Å². The summed E-state index contributed by atoms with van der Waals surface area (Å²) < 4.78 is 11.4. The van der Waals surface area contributed by atoms with Gasteiger partial charge < -0.3 is 14.4 Å². The molecule has 26 heavy (non-hydrogen) atoms. The first kappa shape index (κ1) is 18.4. The number of carbonyl (C=O) groups excluding carboxylic acids is 2. The van der Waals surface area contributed by atoms with Crippen LogP contribution >= 0.6 is 0 Å². The Bertz CT molecular complexity index is 790. The van der Waals surface area contributed by atoms with Crippen molar-refractivity contribution in [2.24, 2.45) is 0 Å². The average molecular weight is 365 g/mol. The van der Waals surface area contributed by atoms with Gasteiger partial charge in [-0.25, -0.2) is 9.59 Å².